The van der Waals surface area contributed by atoms with Gasteiger partial charge in [-0.2, -0.15) is 0 Å². The van der Waals surface area contributed by atoms with Crippen LogP contribution in [-0.4, -0.2) is 39.1 Å². The van der Waals surface area contributed by atoms with Gasteiger partial charge in [0, 0.05) is 23.9 Å². The number of carbonyl (C=O) groups excluding carboxylic acids is 3. The summed E-state index contributed by atoms with van der Waals surface area (Å²) in [5.74, 6) is -1.52. The van der Waals surface area contributed by atoms with Crippen molar-refractivity contribution < 1.29 is 28.6 Å². The molecule has 2 aromatic rings. The van der Waals surface area contributed by atoms with Crippen LogP contribution < -0.4 is 19.7 Å². The van der Waals surface area contributed by atoms with Gasteiger partial charge >= 0.3 is 5.97 Å². The van der Waals surface area contributed by atoms with Gasteiger partial charge in [0.15, 0.2) is 0 Å². The number of esters is 1. The average molecular weight is 424 g/mol. The Morgan fingerprint density at radius 2 is 1.74 bits per heavy atom. The number of allylic oxidation sites excluding steroid dienone is 1. The summed E-state index contributed by atoms with van der Waals surface area (Å²) >= 11 is 0. The second kappa shape index (κ2) is 9.34. The maximum Gasteiger partial charge on any atom is 0.336 e. The van der Waals surface area contributed by atoms with Crippen LogP contribution in [0.3, 0.4) is 0 Å². The number of hydrogen-bond acceptors (Lipinski definition) is 6. The van der Waals surface area contributed by atoms with E-state index in [2.05, 4.69) is 5.32 Å². The Balaban J connectivity index is 1.98. The monoisotopic (exact) mass is 424 g/mol. The molecule has 1 atom stereocenters. The Morgan fingerprint density at radius 1 is 1.03 bits per heavy atom. The summed E-state index contributed by atoms with van der Waals surface area (Å²) < 4.78 is 15.4. The summed E-state index contributed by atoms with van der Waals surface area (Å²) in [5, 5.41) is 2.75. The maximum absolute atomic E-state index is 13.1. The second-order valence-electron chi connectivity index (χ2n) is 6.87. The van der Waals surface area contributed by atoms with Gasteiger partial charge in [0.05, 0.1) is 38.5 Å². The van der Waals surface area contributed by atoms with Crippen molar-refractivity contribution in [1.82, 2.24) is 0 Å². The Kier molecular flexibility index (Phi) is 6.59. The van der Waals surface area contributed by atoms with E-state index < -0.39 is 17.8 Å². The van der Waals surface area contributed by atoms with E-state index in [-0.39, 0.29) is 17.9 Å². The zero-order chi connectivity index (χ0) is 22.5. The van der Waals surface area contributed by atoms with E-state index in [1.165, 1.54) is 26.2 Å². The Hall–Kier alpha value is -3.81. The SMILES string of the molecule is COC(=O)C1=C(C)N(c2ccccc2)C(=O)CC1C(=O)Nc1ccc(OC)cc1OC. The highest BCUT2D eigenvalue weighted by atomic mass is 16.5. The molecule has 3 rings (SSSR count). The van der Waals surface area contributed by atoms with Crippen LogP contribution in [0.25, 0.3) is 0 Å². The van der Waals surface area contributed by atoms with Crippen LogP contribution in [0, 0.1) is 5.92 Å². The van der Waals surface area contributed by atoms with Crippen LogP contribution in [-0.2, 0) is 19.1 Å². The number of methoxy groups -OCH3 is 3. The van der Waals surface area contributed by atoms with Crippen LogP contribution in [0.15, 0.2) is 59.8 Å². The summed E-state index contributed by atoms with van der Waals surface area (Å²) in [6.07, 6.45) is -0.180. The highest BCUT2D eigenvalue weighted by Gasteiger charge is 2.40. The second-order valence-corrected chi connectivity index (χ2v) is 6.87. The lowest BCUT2D eigenvalue weighted by atomic mass is 9.88. The van der Waals surface area contributed by atoms with Gasteiger partial charge < -0.3 is 19.5 Å². The van der Waals surface area contributed by atoms with Crippen LogP contribution in [0.4, 0.5) is 11.4 Å². The van der Waals surface area contributed by atoms with Crippen LogP contribution in [0.5, 0.6) is 11.5 Å². The molecule has 0 aliphatic carbocycles. The van der Waals surface area contributed by atoms with Gasteiger partial charge in [0.1, 0.15) is 11.5 Å². The van der Waals surface area contributed by atoms with Crippen molar-refractivity contribution in [3.05, 3.63) is 59.8 Å². The topological polar surface area (TPSA) is 94.2 Å². The maximum atomic E-state index is 13.1. The van der Waals surface area contributed by atoms with Crippen LogP contribution in [0.1, 0.15) is 13.3 Å². The number of nitrogens with one attached hydrogen (secondary N) is 1. The summed E-state index contributed by atoms with van der Waals surface area (Å²) in [6.45, 7) is 1.63. The smallest absolute Gasteiger partial charge is 0.336 e. The first kappa shape index (κ1) is 21.9. The molecule has 1 N–H and O–H groups in total. The third-order valence-electron chi connectivity index (χ3n) is 5.10. The number of ether oxygens (including phenoxy) is 3. The van der Waals surface area contributed by atoms with E-state index in [0.29, 0.717) is 28.6 Å². The fraction of sp³-hybridized carbons (Fsp3) is 0.261. The predicted octanol–water partition coefficient (Wildman–Crippen LogP) is 3.14. The number of amides is 2. The number of anilines is 2. The molecule has 1 aliphatic rings. The van der Waals surface area contributed by atoms with E-state index >= 15 is 0 Å². The van der Waals surface area contributed by atoms with Crippen molar-refractivity contribution in [3.8, 4) is 11.5 Å². The minimum absolute atomic E-state index is 0.135. The minimum Gasteiger partial charge on any atom is -0.497 e. The van der Waals surface area contributed by atoms with Crippen molar-refractivity contribution >= 4 is 29.2 Å². The van der Waals surface area contributed by atoms with E-state index in [4.69, 9.17) is 14.2 Å². The van der Waals surface area contributed by atoms with Gasteiger partial charge in [-0.15, -0.1) is 0 Å². The third kappa shape index (κ3) is 4.37. The normalized spacial score (nSPS) is 16.1. The van der Waals surface area contributed by atoms with Gasteiger partial charge in [-0.3, -0.25) is 14.5 Å². The van der Waals surface area contributed by atoms with E-state index in [0.717, 1.165) is 0 Å². The molecule has 0 aromatic heterocycles. The predicted molar refractivity (Wildman–Crippen MR) is 115 cm³/mol. The summed E-state index contributed by atoms with van der Waals surface area (Å²) in [7, 11) is 4.24. The number of benzene rings is 2. The number of para-hydroxylation sites is 1. The average Bonchev–Trinajstić information content (AvgIpc) is 2.79. The first-order chi connectivity index (χ1) is 14.9. The van der Waals surface area contributed by atoms with Crippen molar-refractivity contribution in [3.63, 3.8) is 0 Å². The molecule has 8 heteroatoms. The zero-order valence-electron chi connectivity index (χ0n) is 17.8. The third-order valence-corrected chi connectivity index (χ3v) is 5.10. The molecule has 1 aliphatic heterocycles. The lowest BCUT2D eigenvalue weighted by Crippen LogP contribution is -2.43. The molecule has 8 nitrogen and oxygen atoms in total. The molecule has 162 valence electrons. The number of nitrogens with zero attached hydrogens (tertiary/aromatic N) is 1. The number of rotatable bonds is 6. The number of carbonyl (C=O) groups is 3. The fourth-order valence-corrected chi connectivity index (χ4v) is 3.59. The highest BCUT2D eigenvalue weighted by molar-refractivity contribution is 6.10. The van der Waals surface area contributed by atoms with Gasteiger partial charge in [-0.25, -0.2) is 4.79 Å². The Bertz CT molecular complexity index is 1030. The Labute approximate surface area is 180 Å². The molecule has 0 radical (unpaired) electrons. The van der Waals surface area contributed by atoms with Gasteiger partial charge in [0.25, 0.3) is 0 Å². The lowest BCUT2D eigenvalue weighted by molar-refractivity contribution is -0.138. The summed E-state index contributed by atoms with van der Waals surface area (Å²) in [6, 6.07) is 13.9. The van der Waals surface area contributed by atoms with E-state index in [9.17, 15) is 14.4 Å². The molecule has 0 saturated carbocycles. The largest absolute Gasteiger partial charge is 0.497 e. The lowest BCUT2D eigenvalue weighted by Gasteiger charge is -2.33. The molecule has 1 unspecified atom stereocenters. The zero-order valence-corrected chi connectivity index (χ0v) is 17.8. The first-order valence-corrected chi connectivity index (χ1v) is 9.61. The molecule has 1 heterocycles. The Morgan fingerprint density at radius 3 is 2.35 bits per heavy atom. The first-order valence-electron chi connectivity index (χ1n) is 9.61. The molecule has 0 bridgehead atoms. The molecule has 31 heavy (non-hydrogen) atoms. The molecule has 0 fully saturated rings. The van der Waals surface area contributed by atoms with Gasteiger partial charge in [0.2, 0.25) is 11.8 Å². The van der Waals surface area contributed by atoms with Crippen molar-refractivity contribution in [1.29, 1.82) is 0 Å². The van der Waals surface area contributed by atoms with Crippen molar-refractivity contribution in [2.75, 3.05) is 31.5 Å². The molecular weight excluding hydrogens is 400 g/mol. The molecule has 0 spiro atoms. The quantitative estimate of drug-likeness (QED) is 0.716. The van der Waals surface area contributed by atoms with Gasteiger partial charge in [-0.05, 0) is 31.2 Å². The fourth-order valence-electron chi connectivity index (χ4n) is 3.59. The van der Waals surface area contributed by atoms with E-state index in [1.807, 2.05) is 6.07 Å². The molecule has 2 amide bonds. The highest BCUT2D eigenvalue weighted by Crippen LogP contribution is 2.35. The molecule has 2 aromatic carbocycles. The summed E-state index contributed by atoms with van der Waals surface area (Å²) in [5.41, 5.74) is 1.50. The molecule has 0 saturated heterocycles. The standard InChI is InChI=1S/C23H24N2O6/c1-14-21(23(28)31-4)17(13-20(26)25(14)15-8-6-5-7-9-15)22(27)24-18-11-10-16(29-2)12-19(18)30-3/h5-12,17H,13H2,1-4H3,(H,24,27). The minimum atomic E-state index is -1.01. The van der Waals surface area contributed by atoms with Gasteiger partial charge in [-0.1, -0.05) is 18.2 Å². The van der Waals surface area contributed by atoms with E-state index in [1.54, 1.807) is 49.4 Å². The van der Waals surface area contributed by atoms with Crippen molar-refractivity contribution in [2.24, 2.45) is 5.92 Å². The molecular formula is C23H24N2O6. The summed E-state index contributed by atoms with van der Waals surface area (Å²) in [4.78, 5) is 40.1. The number of hydrogen-bond donors (Lipinski definition) is 1. The van der Waals surface area contributed by atoms with Crippen LogP contribution >= 0.6 is 0 Å². The van der Waals surface area contributed by atoms with Crippen LogP contribution in [0.2, 0.25) is 0 Å². The van der Waals surface area contributed by atoms with Crippen molar-refractivity contribution in [2.45, 2.75) is 13.3 Å².